The number of hydrogen-bond acceptors (Lipinski definition) is 1. The van der Waals surface area contributed by atoms with Crippen molar-refractivity contribution >= 4 is 33.4 Å². The molecule has 0 aromatic heterocycles. The Morgan fingerprint density at radius 2 is 2.00 bits per heavy atom. The Labute approximate surface area is 120 Å². The number of carbonyl (C=O) groups is 1. The first-order valence-electron chi connectivity index (χ1n) is 5.94. The molecule has 0 aliphatic carbocycles. The third-order valence-corrected chi connectivity index (χ3v) is 3.48. The average molecular weight is 337 g/mol. The Morgan fingerprint density at radius 1 is 1.28 bits per heavy atom. The number of halogens is 3. The molecule has 5 heteroatoms. The number of hydrogen-bond donors (Lipinski definition) is 1. The van der Waals surface area contributed by atoms with Gasteiger partial charge in [0, 0.05) is 16.9 Å². The molecule has 100 valence electrons. The summed E-state index contributed by atoms with van der Waals surface area (Å²) < 4.78 is 13.6. The van der Waals surface area contributed by atoms with Crippen LogP contribution in [0.1, 0.15) is 36.0 Å². The van der Waals surface area contributed by atoms with Crippen molar-refractivity contribution in [1.82, 2.24) is 5.32 Å². The van der Waals surface area contributed by atoms with Crippen molar-refractivity contribution in [2.75, 3.05) is 12.4 Å². The SMILES string of the molecule is O=C(NCCCCCCCl)c1cc(F)ccc1Br. The lowest BCUT2D eigenvalue weighted by Crippen LogP contribution is -2.24. The third kappa shape index (κ3) is 5.36. The van der Waals surface area contributed by atoms with Gasteiger partial charge < -0.3 is 5.32 Å². The van der Waals surface area contributed by atoms with Crippen LogP contribution in [0.15, 0.2) is 22.7 Å². The summed E-state index contributed by atoms with van der Waals surface area (Å²) >= 11 is 8.80. The van der Waals surface area contributed by atoms with Crippen LogP contribution < -0.4 is 5.32 Å². The lowest BCUT2D eigenvalue weighted by Gasteiger charge is -2.06. The van der Waals surface area contributed by atoms with E-state index in [-0.39, 0.29) is 5.91 Å². The van der Waals surface area contributed by atoms with Crippen LogP contribution in [-0.2, 0) is 0 Å². The van der Waals surface area contributed by atoms with Crippen molar-refractivity contribution in [2.45, 2.75) is 25.7 Å². The van der Waals surface area contributed by atoms with Crippen LogP contribution in [0.2, 0.25) is 0 Å². The maximum Gasteiger partial charge on any atom is 0.252 e. The molecule has 0 unspecified atom stereocenters. The number of amides is 1. The van der Waals surface area contributed by atoms with E-state index in [0.717, 1.165) is 25.7 Å². The van der Waals surface area contributed by atoms with Gasteiger partial charge >= 0.3 is 0 Å². The molecule has 0 spiro atoms. The van der Waals surface area contributed by atoms with E-state index in [1.54, 1.807) is 0 Å². The molecule has 1 aromatic rings. The second-order valence-electron chi connectivity index (χ2n) is 3.98. The predicted octanol–water partition coefficient (Wildman–Crippen LogP) is 4.12. The molecule has 1 amide bonds. The Hall–Kier alpha value is -0.610. The maximum atomic E-state index is 13.0. The highest BCUT2D eigenvalue weighted by Gasteiger charge is 2.10. The number of rotatable bonds is 7. The zero-order valence-corrected chi connectivity index (χ0v) is 12.4. The van der Waals surface area contributed by atoms with E-state index in [0.29, 0.717) is 22.5 Å². The monoisotopic (exact) mass is 335 g/mol. The molecule has 0 atom stereocenters. The molecule has 0 heterocycles. The zero-order chi connectivity index (χ0) is 13.4. The topological polar surface area (TPSA) is 29.1 Å². The largest absolute Gasteiger partial charge is 0.352 e. The number of benzene rings is 1. The fraction of sp³-hybridized carbons (Fsp3) is 0.462. The van der Waals surface area contributed by atoms with Crippen LogP contribution in [0.4, 0.5) is 4.39 Å². The predicted molar refractivity (Wildman–Crippen MR) is 75.6 cm³/mol. The molecule has 0 saturated heterocycles. The zero-order valence-electron chi connectivity index (χ0n) is 10.0. The standard InChI is InChI=1S/C13H16BrClFNO/c14-12-6-5-10(16)9-11(12)13(18)17-8-4-2-1-3-7-15/h5-6,9H,1-4,7-8H2,(H,17,18). The van der Waals surface area contributed by atoms with Gasteiger partial charge in [-0.15, -0.1) is 11.6 Å². The van der Waals surface area contributed by atoms with Gasteiger partial charge in [0.15, 0.2) is 0 Å². The summed E-state index contributed by atoms with van der Waals surface area (Å²) in [5.74, 6) is 0.0203. The average Bonchev–Trinajstić information content (AvgIpc) is 2.36. The van der Waals surface area contributed by atoms with Gasteiger partial charge in [0.25, 0.3) is 5.91 Å². The number of carbonyl (C=O) groups excluding carboxylic acids is 1. The van der Waals surface area contributed by atoms with E-state index >= 15 is 0 Å². The fourth-order valence-electron chi connectivity index (χ4n) is 1.54. The molecule has 0 fully saturated rings. The van der Waals surface area contributed by atoms with Crippen LogP contribution in [0, 0.1) is 5.82 Å². The van der Waals surface area contributed by atoms with Gasteiger partial charge in [0.2, 0.25) is 0 Å². The highest BCUT2D eigenvalue weighted by Crippen LogP contribution is 2.17. The van der Waals surface area contributed by atoms with Crippen LogP contribution in [-0.4, -0.2) is 18.3 Å². The first-order valence-corrected chi connectivity index (χ1v) is 7.27. The number of nitrogens with one attached hydrogen (secondary N) is 1. The van der Waals surface area contributed by atoms with Crippen LogP contribution in [0.25, 0.3) is 0 Å². The van der Waals surface area contributed by atoms with Crippen molar-refractivity contribution in [1.29, 1.82) is 0 Å². The highest BCUT2D eigenvalue weighted by atomic mass is 79.9. The molecular weight excluding hydrogens is 321 g/mol. The molecule has 0 bridgehead atoms. The lowest BCUT2D eigenvalue weighted by atomic mass is 10.2. The molecule has 0 aliphatic rings. The Morgan fingerprint density at radius 3 is 2.72 bits per heavy atom. The minimum atomic E-state index is -0.412. The molecule has 0 radical (unpaired) electrons. The molecule has 18 heavy (non-hydrogen) atoms. The van der Waals surface area contributed by atoms with E-state index in [1.807, 2.05) is 0 Å². The summed E-state index contributed by atoms with van der Waals surface area (Å²) in [6.45, 7) is 0.601. The minimum Gasteiger partial charge on any atom is -0.352 e. The minimum absolute atomic E-state index is 0.251. The Balaban J connectivity index is 2.34. The molecule has 1 N–H and O–H groups in total. The van der Waals surface area contributed by atoms with E-state index in [9.17, 15) is 9.18 Å². The van der Waals surface area contributed by atoms with E-state index in [1.165, 1.54) is 18.2 Å². The molecule has 1 aromatic carbocycles. The maximum absolute atomic E-state index is 13.0. The van der Waals surface area contributed by atoms with Gasteiger partial charge in [-0.1, -0.05) is 12.8 Å². The molecule has 2 nitrogen and oxygen atoms in total. The summed E-state index contributed by atoms with van der Waals surface area (Å²) in [6.07, 6.45) is 4.03. The summed E-state index contributed by atoms with van der Waals surface area (Å²) in [5, 5.41) is 2.78. The van der Waals surface area contributed by atoms with Gasteiger partial charge in [0.1, 0.15) is 5.82 Å². The summed E-state index contributed by atoms with van der Waals surface area (Å²) in [6, 6.07) is 4.07. The van der Waals surface area contributed by atoms with Crippen LogP contribution in [0.3, 0.4) is 0 Å². The second-order valence-corrected chi connectivity index (χ2v) is 5.22. The number of alkyl halides is 1. The van der Waals surface area contributed by atoms with E-state index in [2.05, 4.69) is 21.2 Å². The van der Waals surface area contributed by atoms with Crippen molar-refractivity contribution in [3.05, 3.63) is 34.1 Å². The van der Waals surface area contributed by atoms with Crippen LogP contribution >= 0.6 is 27.5 Å². The lowest BCUT2D eigenvalue weighted by molar-refractivity contribution is 0.0951. The van der Waals surface area contributed by atoms with E-state index < -0.39 is 5.82 Å². The Bertz CT molecular complexity index is 401. The third-order valence-electron chi connectivity index (χ3n) is 2.52. The van der Waals surface area contributed by atoms with Crippen molar-refractivity contribution in [3.63, 3.8) is 0 Å². The van der Waals surface area contributed by atoms with Gasteiger partial charge in [-0.2, -0.15) is 0 Å². The fourth-order valence-corrected chi connectivity index (χ4v) is 2.16. The normalized spacial score (nSPS) is 10.4. The summed E-state index contributed by atoms with van der Waals surface area (Å²) in [7, 11) is 0. The van der Waals surface area contributed by atoms with Gasteiger partial charge in [-0.05, 0) is 47.0 Å². The quantitative estimate of drug-likeness (QED) is 0.589. The highest BCUT2D eigenvalue weighted by molar-refractivity contribution is 9.10. The van der Waals surface area contributed by atoms with Crippen LogP contribution in [0.5, 0.6) is 0 Å². The van der Waals surface area contributed by atoms with Gasteiger partial charge in [-0.25, -0.2) is 4.39 Å². The smallest absolute Gasteiger partial charge is 0.252 e. The summed E-state index contributed by atoms with van der Waals surface area (Å²) in [4.78, 5) is 11.8. The Kier molecular flexibility index (Phi) is 7.28. The second kappa shape index (κ2) is 8.48. The van der Waals surface area contributed by atoms with E-state index in [4.69, 9.17) is 11.6 Å². The van der Waals surface area contributed by atoms with Gasteiger partial charge in [-0.3, -0.25) is 4.79 Å². The van der Waals surface area contributed by atoms with Gasteiger partial charge in [0.05, 0.1) is 5.56 Å². The first kappa shape index (κ1) is 15.4. The first-order chi connectivity index (χ1) is 8.65. The molecule has 0 aliphatic heterocycles. The molecular formula is C13H16BrClFNO. The van der Waals surface area contributed by atoms with Crippen molar-refractivity contribution < 1.29 is 9.18 Å². The summed E-state index contributed by atoms with van der Waals surface area (Å²) in [5.41, 5.74) is 0.329. The number of unbranched alkanes of at least 4 members (excludes halogenated alkanes) is 3. The molecule has 0 saturated carbocycles. The van der Waals surface area contributed by atoms with Crippen molar-refractivity contribution in [3.8, 4) is 0 Å². The molecule has 1 rings (SSSR count). The van der Waals surface area contributed by atoms with Crippen molar-refractivity contribution in [2.24, 2.45) is 0 Å².